The molecule has 2 rings (SSSR count). The van der Waals surface area contributed by atoms with Crippen LogP contribution in [0.15, 0.2) is 22.8 Å². The van der Waals surface area contributed by atoms with Gasteiger partial charge in [0, 0.05) is 6.54 Å². The molecule has 1 unspecified atom stereocenters. The van der Waals surface area contributed by atoms with Gasteiger partial charge in [0.1, 0.15) is 5.76 Å². The average Bonchev–Trinajstić information content (AvgIpc) is 3.01. The second kappa shape index (κ2) is 6.21. The standard InChI is InChI=1S/C12H17BrN2O2/c13-8-12(16)14-9-10(11-4-3-7-17-11)15-5-1-2-6-15/h3-4,7,10H,1-2,5-6,8-9H2,(H,14,16). The summed E-state index contributed by atoms with van der Waals surface area (Å²) in [4.78, 5) is 13.7. The Morgan fingerprint density at radius 1 is 1.53 bits per heavy atom. The molecule has 94 valence electrons. The number of carbonyl (C=O) groups excluding carboxylic acids is 1. The Labute approximate surface area is 109 Å². The van der Waals surface area contributed by atoms with Crippen LogP contribution in [-0.2, 0) is 4.79 Å². The van der Waals surface area contributed by atoms with Crippen LogP contribution >= 0.6 is 15.9 Å². The van der Waals surface area contributed by atoms with E-state index in [1.54, 1.807) is 6.26 Å². The molecular formula is C12H17BrN2O2. The summed E-state index contributed by atoms with van der Waals surface area (Å²) < 4.78 is 5.47. The molecule has 0 aliphatic carbocycles. The SMILES string of the molecule is O=C(CBr)NCC(c1ccco1)N1CCCC1. The maximum Gasteiger partial charge on any atom is 0.230 e. The summed E-state index contributed by atoms with van der Waals surface area (Å²) in [6.07, 6.45) is 4.14. The highest BCUT2D eigenvalue weighted by molar-refractivity contribution is 9.09. The minimum absolute atomic E-state index is 0.0146. The molecule has 1 amide bonds. The minimum atomic E-state index is 0.0146. The maximum absolute atomic E-state index is 11.3. The summed E-state index contributed by atoms with van der Waals surface area (Å²) in [6, 6.07) is 4.03. The molecule has 17 heavy (non-hydrogen) atoms. The van der Waals surface area contributed by atoms with Gasteiger partial charge in [0.2, 0.25) is 5.91 Å². The van der Waals surface area contributed by atoms with Crippen LogP contribution in [0.25, 0.3) is 0 Å². The molecular weight excluding hydrogens is 284 g/mol. The van der Waals surface area contributed by atoms with Crippen LogP contribution in [0.2, 0.25) is 0 Å². The van der Waals surface area contributed by atoms with E-state index < -0.39 is 0 Å². The molecule has 0 spiro atoms. The topological polar surface area (TPSA) is 45.5 Å². The summed E-state index contributed by atoms with van der Waals surface area (Å²) in [5.41, 5.74) is 0. The Morgan fingerprint density at radius 3 is 2.88 bits per heavy atom. The lowest BCUT2D eigenvalue weighted by atomic mass is 10.2. The van der Waals surface area contributed by atoms with E-state index in [1.165, 1.54) is 12.8 Å². The second-order valence-corrected chi connectivity index (χ2v) is 4.77. The third-order valence-corrected chi connectivity index (χ3v) is 3.58. The van der Waals surface area contributed by atoms with Crippen molar-refractivity contribution in [2.24, 2.45) is 0 Å². The van der Waals surface area contributed by atoms with Crippen molar-refractivity contribution in [1.29, 1.82) is 0 Å². The number of nitrogens with one attached hydrogen (secondary N) is 1. The van der Waals surface area contributed by atoms with Crippen LogP contribution in [0.1, 0.15) is 24.6 Å². The van der Waals surface area contributed by atoms with Gasteiger partial charge < -0.3 is 9.73 Å². The van der Waals surface area contributed by atoms with Gasteiger partial charge in [0.25, 0.3) is 0 Å². The summed E-state index contributed by atoms with van der Waals surface area (Å²) in [6.45, 7) is 2.77. The number of alkyl halides is 1. The smallest absolute Gasteiger partial charge is 0.230 e. The fourth-order valence-electron chi connectivity index (χ4n) is 2.20. The van der Waals surface area contributed by atoms with E-state index in [0.717, 1.165) is 18.8 Å². The lowest BCUT2D eigenvalue weighted by Gasteiger charge is -2.25. The number of rotatable bonds is 5. The Morgan fingerprint density at radius 2 is 2.29 bits per heavy atom. The average molecular weight is 301 g/mol. The number of carbonyl (C=O) groups is 1. The second-order valence-electron chi connectivity index (χ2n) is 4.21. The van der Waals surface area contributed by atoms with Gasteiger partial charge in [-0.15, -0.1) is 0 Å². The predicted octanol–water partition coefficient (Wildman–Crippen LogP) is 1.93. The monoisotopic (exact) mass is 300 g/mol. The Balaban J connectivity index is 1.99. The number of halogens is 1. The van der Waals surface area contributed by atoms with Gasteiger partial charge >= 0.3 is 0 Å². The highest BCUT2D eigenvalue weighted by Gasteiger charge is 2.25. The zero-order valence-corrected chi connectivity index (χ0v) is 11.3. The third-order valence-electron chi connectivity index (χ3n) is 3.07. The Bertz CT molecular complexity index is 347. The normalized spacial score (nSPS) is 18.2. The van der Waals surface area contributed by atoms with Crippen LogP contribution < -0.4 is 5.32 Å². The van der Waals surface area contributed by atoms with E-state index in [0.29, 0.717) is 11.9 Å². The van der Waals surface area contributed by atoms with E-state index in [-0.39, 0.29) is 11.9 Å². The first-order chi connectivity index (χ1) is 8.31. The maximum atomic E-state index is 11.3. The first kappa shape index (κ1) is 12.6. The molecule has 1 atom stereocenters. The molecule has 1 fully saturated rings. The van der Waals surface area contributed by atoms with Gasteiger partial charge in [-0.3, -0.25) is 9.69 Å². The van der Waals surface area contributed by atoms with Gasteiger partial charge in [0.05, 0.1) is 17.6 Å². The molecule has 1 aromatic rings. The van der Waals surface area contributed by atoms with E-state index in [2.05, 4.69) is 26.1 Å². The molecule has 0 radical (unpaired) electrons. The van der Waals surface area contributed by atoms with Gasteiger partial charge in [-0.25, -0.2) is 0 Å². The minimum Gasteiger partial charge on any atom is -0.468 e. The number of hydrogen-bond donors (Lipinski definition) is 1. The van der Waals surface area contributed by atoms with Crippen molar-refractivity contribution in [3.63, 3.8) is 0 Å². The van der Waals surface area contributed by atoms with E-state index in [9.17, 15) is 4.79 Å². The molecule has 2 heterocycles. The van der Waals surface area contributed by atoms with E-state index in [1.807, 2.05) is 12.1 Å². The summed E-state index contributed by atoms with van der Waals surface area (Å²) in [5.74, 6) is 0.947. The predicted molar refractivity (Wildman–Crippen MR) is 69.1 cm³/mol. The van der Waals surface area contributed by atoms with Crippen molar-refractivity contribution in [2.45, 2.75) is 18.9 Å². The Hall–Kier alpha value is -0.810. The molecule has 4 nitrogen and oxygen atoms in total. The third kappa shape index (κ3) is 3.33. The number of furan rings is 1. The van der Waals surface area contributed by atoms with E-state index >= 15 is 0 Å². The van der Waals surface area contributed by atoms with Crippen molar-refractivity contribution in [1.82, 2.24) is 10.2 Å². The summed E-state index contributed by atoms with van der Waals surface area (Å²) in [7, 11) is 0. The summed E-state index contributed by atoms with van der Waals surface area (Å²) in [5, 5.41) is 3.26. The highest BCUT2D eigenvalue weighted by Crippen LogP contribution is 2.24. The largest absolute Gasteiger partial charge is 0.468 e. The molecule has 0 bridgehead atoms. The summed E-state index contributed by atoms with van der Waals surface area (Å²) >= 11 is 3.15. The number of nitrogens with zero attached hydrogens (tertiary/aromatic N) is 1. The van der Waals surface area contributed by atoms with E-state index in [4.69, 9.17) is 4.42 Å². The lowest BCUT2D eigenvalue weighted by Crippen LogP contribution is -2.37. The van der Waals surface area contributed by atoms with Crippen LogP contribution in [0.3, 0.4) is 0 Å². The highest BCUT2D eigenvalue weighted by atomic mass is 79.9. The first-order valence-corrected chi connectivity index (χ1v) is 7.03. The van der Waals surface area contributed by atoms with Crippen LogP contribution in [-0.4, -0.2) is 35.8 Å². The van der Waals surface area contributed by atoms with Gasteiger partial charge in [-0.2, -0.15) is 0 Å². The van der Waals surface area contributed by atoms with Crippen molar-refractivity contribution in [3.05, 3.63) is 24.2 Å². The molecule has 0 aromatic carbocycles. The molecule has 1 N–H and O–H groups in total. The van der Waals surface area contributed by atoms with Crippen LogP contribution in [0.4, 0.5) is 0 Å². The zero-order valence-electron chi connectivity index (χ0n) is 9.69. The Kier molecular flexibility index (Phi) is 4.62. The van der Waals surface area contributed by atoms with Crippen molar-refractivity contribution < 1.29 is 9.21 Å². The van der Waals surface area contributed by atoms with Crippen LogP contribution in [0, 0.1) is 0 Å². The number of hydrogen-bond acceptors (Lipinski definition) is 3. The first-order valence-electron chi connectivity index (χ1n) is 5.91. The number of likely N-dealkylation sites (tertiary alicyclic amines) is 1. The van der Waals surface area contributed by atoms with Gasteiger partial charge in [-0.1, -0.05) is 15.9 Å². The molecule has 0 saturated carbocycles. The fraction of sp³-hybridized carbons (Fsp3) is 0.583. The molecule has 1 aromatic heterocycles. The molecule has 1 aliphatic rings. The molecule has 1 aliphatic heterocycles. The zero-order chi connectivity index (χ0) is 12.1. The molecule has 1 saturated heterocycles. The fourth-order valence-corrected chi connectivity index (χ4v) is 2.40. The number of amides is 1. The van der Waals surface area contributed by atoms with Crippen molar-refractivity contribution in [3.8, 4) is 0 Å². The van der Waals surface area contributed by atoms with Crippen LogP contribution in [0.5, 0.6) is 0 Å². The van der Waals surface area contributed by atoms with Crippen molar-refractivity contribution in [2.75, 3.05) is 25.0 Å². The van der Waals surface area contributed by atoms with Gasteiger partial charge in [-0.05, 0) is 38.1 Å². The van der Waals surface area contributed by atoms with Gasteiger partial charge in [0.15, 0.2) is 0 Å². The van der Waals surface area contributed by atoms with Crippen molar-refractivity contribution >= 4 is 21.8 Å². The lowest BCUT2D eigenvalue weighted by molar-refractivity contribution is -0.118. The molecule has 5 heteroatoms. The quantitative estimate of drug-likeness (QED) is 0.845.